The Morgan fingerprint density at radius 3 is 2.62 bits per heavy atom. The molecule has 3 heteroatoms. The Hall–Kier alpha value is -0.930. The molecule has 1 N–H and O–H groups in total. The van der Waals surface area contributed by atoms with Crippen LogP contribution in [0.2, 0.25) is 0 Å². The molecule has 3 heterocycles. The minimum atomic E-state index is 0.743. The van der Waals surface area contributed by atoms with E-state index in [0.29, 0.717) is 0 Å². The average Bonchev–Trinajstić information content (AvgIpc) is 2.47. The maximum atomic E-state index is 4.45. The van der Waals surface area contributed by atoms with Crippen LogP contribution in [0.3, 0.4) is 0 Å². The SMILES string of the molecule is CCCNC1CC2CCCC(C1)N2Cc1ccc(C)nc1. The summed E-state index contributed by atoms with van der Waals surface area (Å²) in [4.78, 5) is 7.22. The second kappa shape index (κ2) is 6.89. The second-order valence-electron chi connectivity index (χ2n) is 6.84. The third-order valence-electron chi connectivity index (χ3n) is 5.15. The Balaban J connectivity index is 1.64. The lowest BCUT2D eigenvalue weighted by atomic mass is 9.81. The smallest absolute Gasteiger partial charge is 0.0372 e. The first-order valence-electron chi connectivity index (χ1n) is 8.67. The zero-order valence-corrected chi connectivity index (χ0v) is 13.5. The lowest BCUT2D eigenvalue weighted by molar-refractivity contribution is 0.0177. The van der Waals surface area contributed by atoms with E-state index in [-0.39, 0.29) is 0 Å². The van der Waals surface area contributed by atoms with Crippen LogP contribution in [0.25, 0.3) is 0 Å². The highest BCUT2D eigenvalue weighted by molar-refractivity contribution is 5.14. The largest absolute Gasteiger partial charge is 0.314 e. The first-order valence-corrected chi connectivity index (χ1v) is 8.67. The van der Waals surface area contributed by atoms with E-state index >= 15 is 0 Å². The van der Waals surface area contributed by atoms with Gasteiger partial charge in [0.05, 0.1) is 0 Å². The van der Waals surface area contributed by atoms with Crippen LogP contribution >= 0.6 is 0 Å². The van der Waals surface area contributed by atoms with Gasteiger partial charge in [0, 0.05) is 36.6 Å². The van der Waals surface area contributed by atoms with E-state index in [1.165, 1.54) is 50.6 Å². The monoisotopic (exact) mass is 287 g/mol. The third-order valence-corrected chi connectivity index (χ3v) is 5.15. The number of nitrogens with one attached hydrogen (secondary N) is 1. The van der Waals surface area contributed by atoms with Gasteiger partial charge in [0.2, 0.25) is 0 Å². The molecule has 2 aliphatic heterocycles. The zero-order chi connectivity index (χ0) is 14.7. The van der Waals surface area contributed by atoms with Crippen molar-refractivity contribution < 1.29 is 0 Å². The van der Waals surface area contributed by atoms with E-state index in [4.69, 9.17) is 0 Å². The molecule has 0 aliphatic carbocycles. The highest BCUT2D eigenvalue weighted by atomic mass is 15.2. The maximum absolute atomic E-state index is 4.45. The molecule has 1 aromatic rings. The summed E-state index contributed by atoms with van der Waals surface area (Å²) in [5.41, 5.74) is 2.49. The molecule has 2 atom stereocenters. The molecule has 0 amide bonds. The van der Waals surface area contributed by atoms with Crippen molar-refractivity contribution in [1.29, 1.82) is 0 Å². The molecular formula is C18H29N3. The summed E-state index contributed by atoms with van der Waals surface area (Å²) in [6.45, 7) is 6.58. The van der Waals surface area contributed by atoms with E-state index < -0.39 is 0 Å². The third kappa shape index (κ3) is 3.64. The Morgan fingerprint density at radius 1 is 1.24 bits per heavy atom. The lowest BCUT2D eigenvalue weighted by Gasteiger charge is -2.49. The minimum absolute atomic E-state index is 0.743. The molecule has 2 saturated heterocycles. The van der Waals surface area contributed by atoms with Gasteiger partial charge >= 0.3 is 0 Å². The Kier molecular flexibility index (Phi) is 4.91. The van der Waals surface area contributed by atoms with Crippen molar-refractivity contribution in [2.45, 2.75) is 77.0 Å². The molecule has 2 unspecified atom stereocenters. The topological polar surface area (TPSA) is 28.2 Å². The fraction of sp³-hybridized carbons (Fsp3) is 0.722. The van der Waals surface area contributed by atoms with E-state index in [0.717, 1.165) is 30.4 Å². The van der Waals surface area contributed by atoms with Gasteiger partial charge in [0.25, 0.3) is 0 Å². The van der Waals surface area contributed by atoms with Crippen LogP contribution in [0.15, 0.2) is 18.3 Å². The first kappa shape index (κ1) is 15.0. The number of fused-ring (bicyclic) bond motifs is 2. The molecule has 0 saturated carbocycles. The van der Waals surface area contributed by atoms with Gasteiger partial charge in [-0.3, -0.25) is 9.88 Å². The van der Waals surface area contributed by atoms with Gasteiger partial charge in [0.1, 0.15) is 0 Å². The average molecular weight is 287 g/mol. The summed E-state index contributed by atoms with van der Waals surface area (Å²) < 4.78 is 0. The van der Waals surface area contributed by atoms with Crippen LogP contribution in [-0.2, 0) is 6.54 Å². The summed E-state index contributed by atoms with van der Waals surface area (Å²) >= 11 is 0. The normalized spacial score (nSPS) is 29.5. The molecule has 0 radical (unpaired) electrons. The van der Waals surface area contributed by atoms with Crippen LogP contribution in [0.5, 0.6) is 0 Å². The Bertz CT molecular complexity index is 428. The quantitative estimate of drug-likeness (QED) is 0.901. The van der Waals surface area contributed by atoms with Crippen molar-refractivity contribution in [2.24, 2.45) is 0 Å². The summed E-state index contributed by atoms with van der Waals surface area (Å²) in [6.07, 6.45) is 10.1. The Morgan fingerprint density at radius 2 is 2.00 bits per heavy atom. The van der Waals surface area contributed by atoms with Crippen LogP contribution in [-0.4, -0.2) is 34.6 Å². The summed E-state index contributed by atoms with van der Waals surface area (Å²) in [7, 11) is 0. The number of piperidine rings is 2. The number of nitrogens with zero attached hydrogens (tertiary/aromatic N) is 2. The van der Waals surface area contributed by atoms with Gasteiger partial charge < -0.3 is 5.32 Å². The van der Waals surface area contributed by atoms with Crippen molar-refractivity contribution in [2.75, 3.05) is 6.54 Å². The van der Waals surface area contributed by atoms with Crippen LogP contribution < -0.4 is 5.32 Å². The predicted molar refractivity (Wildman–Crippen MR) is 87.3 cm³/mol. The summed E-state index contributed by atoms with van der Waals surface area (Å²) in [6, 6.07) is 6.68. The highest BCUT2D eigenvalue weighted by Crippen LogP contribution is 2.35. The molecule has 2 bridgehead atoms. The Labute approximate surface area is 129 Å². The lowest BCUT2D eigenvalue weighted by Crippen LogP contribution is -2.55. The minimum Gasteiger partial charge on any atom is -0.314 e. The number of hydrogen-bond donors (Lipinski definition) is 1. The van der Waals surface area contributed by atoms with Gasteiger partial charge in [-0.1, -0.05) is 19.4 Å². The number of hydrogen-bond acceptors (Lipinski definition) is 3. The molecular weight excluding hydrogens is 258 g/mol. The van der Waals surface area contributed by atoms with Gasteiger partial charge in [-0.25, -0.2) is 0 Å². The van der Waals surface area contributed by atoms with Crippen molar-refractivity contribution in [3.63, 3.8) is 0 Å². The highest BCUT2D eigenvalue weighted by Gasteiger charge is 2.37. The van der Waals surface area contributed by atoms with Gasteiger partial charge in [-0.2, -0.15) is 0 Å². The van der Waals surface area contributed by atoms with Crippen molar-refractivity contribution in [3.05, 3.63) is 29.6 Å². The van der Waals surface area contributed by atoms with E-state index in [1.54, 1.807) is 0 Å². The first-order chi connectivity index (χ1) is 10.3. The maximum Gasteiger partial charge on any atom is 0.0372 e. The predicted octanol–water partition coefficient (Wildman–Crippen LogP) is 3.28. The zero-order valence-electron chi connectivity index (χ0n) is 13.5. The summed E-state index contributed by atoms with van der Waals surface area (Å²) in [5.74, 6) is 0. The van der Waals surface area contributed by atoms with Crippen molar-refractivity contribution >= 4 is 0 Å². The van der Waals surface area contributed by atoms with Crippen molar-refractivity contribution in [1.82, 2.24) is 15.2 Å². The van der Waals surface area contributed by atoms with Crippen LogP contribution in [0.1, 0.15) is 56.7 Å². The molecule has 0 aromatic carbocycles. The fourth-order valence-electron chi connectivity index (χ4n) is 4.05. The summed E-state index contributed by atoms with van der Waals surface area (Å²) in [5, 5.41) is 3.75. The van der Waals surface area contributed by atoms with Gasteiger partial charge in [-0.15, -0.1) is 0 Å². The molecule has 116 valence electrons. The number of pyridine rings is 1. The van der Waals surface area contributed by atoms with Crippen LogP contribution in [0, 0.1) is 6.92 Å². The van der Waals surface area contributed by atoms with Crippen LogP contribution in [0.4, 0.5) is 0 Å². The standard InChI is InChI=1S/C18H29N3/c1-3-9-19-16-10-17-5-4-6-18(11-16)21(17)13-15-8-7-14(2)20-12-15/h7-8,12,16-19H,3-6,9-11,13H2,1-2H3. The molecule has 0 spiro atoms. The molecule has 2 aliphatic rings. The number of aromatic nitrogens is 1. The molecule has 3 rings (SSSR count). The number of rotatable bonds is 5. The number of aryl methyl sites for hydroxylation is 1. The fourth-order valence-corrected chi connectivity index (χ4v) is 4.05. The molecule has 3 nitrogen and oxygen atoms in total. The molecule has 2 fully saturated rings. The van der Waals surface area contributed by atoms with Gasteiger partial charge in [-0.05, 0) is 57.2 Å². The van der Waals surface area contributed by atoms with Gasteiger partial charge in [0.15, 0.2) is 0 Å². The van der Waals surface area contributed by atoms with E-state index in [9.17, 15) is 0 Å². The second-order valence-corrected chi connectivity index (χ2v) is 6.84. The van der Waals surface area contributed by atoms with E-state index in [2.05, 4.69) is 47.4 Å². The molecule has 21 heavy (non-hydrogen) atoms. The van der Waals surface area contributed by atoms with E-state index in [1.807, 2.05) is 0 Å². The van der Waals surface area contributed by atoms with Crippen molar-refractivity contribution in [3.8, 4) is 0 Å². The molecule has 1 aromatic heterocycles.